The fraction of sp³-hybridized carbons (Fsp3) is 0.632. The summed E-state index contributed by atoms with van der Waals surface area (Å²) < 4.78 is 0. The van der Waals surface area contributed by atoms with Crippen molar-refractivity contribution in [1.29, 1.82) is 0 Å². The lowest BCUT2D eigenvalue weighted by Crippen LogP contribution is -2.53. The minimum Gasteiger partial charge on any atom is -0.317 e. The Balaban J connectivity index is 1.65. The van der Waals surface area contributed by atoms with Gasteiger partial charge in [0.15, 0.2) is 0 Å². The summed E-state index contributed by atoms with van der Waals surface area (Å²) in [5.74, 6) is -0.0833. The number of hydrogen-bond donors (Lipinski definition) is 2. The maximum Gasteiger partial charge on any atom is 0.325 e. The Hall–Kier alpha value is -2.15. The number of nitrogens with one attached hydrogen (secondary N) is 2. The molecule has 4 rings (SSSR count). The third-order valence-corrected chi connectivity index (χ3v) is 6.43. The molecule has 3 aliphatic heterocycles. The van der Waals surface area contributed by atoms with E-state index in [1.807, 2.05) is 13.1 Å². The first-order valence-electron chi connectivity index (χ1n) is 9.44. The standard InChI is InChI=1S/C19H26N4O3/c1-19-11-13(12-7-9-20-10-8-12)3-5-15(19)23(18(26)22(19)2)14-4-6-16(24)21-17(14)25/h3,5,12,14,20H,4,6-11H2,1-2H3,(H,21,24,25). The fourth-order valence-electron chi connectivity index (χ4n) is 4.72. The van der Waals surface area contributed by atoms with E-state index in [0.29, 0.717) is 12.3 Å². The van der Waals surface area contributed by atoms with Crippen molar-refractivity contribution in [3.63, 3.8) is 0 Å². The number of carbonyl (C=O) groups is 3. The van der Waals surface area contributed by atoms with E-state index in [0.717, 1.165) is 38.0 Å². The molecule has 0 spiro atoms. The molecule has 3 heterocycles. The van der Waals surface area contributed by atoms with E-state index in [1.54, 1.807) is 9.80 Å². The van der Waals surface area contributed by atoms with Crippen LogP contribution in [0.25, 0.3) is 0 Å². The molecular weight excluding hydrogens is 332 g/mol. The molecular formula is C19H26N4O3. The Kier molecular flexibility index (Phi) is 4.14. The Morgan fingerprint density at radius 2 is 1.85 bits per heavy atom. The van der Waals surface area contributed by atoms with Crippen LogP contribution in [-0.4, -0.2) is 59.4 Å². The molecule has 0 radical (unpaired) electrons. The average molecular weight is 358 g/mol. The summed E-state index contributed by atoms with van der Waals surface area (Å²) >= 11 is 0. The SMILES string of the molecule is CN1C(=O)N(C2CCC(=O)NC2=O)C2=CC=C(C3CCNCC3)CC21C. The predicted molar refractivity (Wildman–Crippen MR) is 96.0 cm³/mol. The molecule has 0 bridgehead atoms. The van der Waals surface area contributed by atoms with Gasteiger partial charge in [0.2, 0.25) is 11.8 Å². The normalized spacial score (nSPS) is 33.0. The molecule has 7 heteroatoms. The molecule has 0 aromatic heterocycles. The van der Waals surface area contributed by atoms with E-state index >= 15 is 0 Å². The van der Waals surface area contributed by atoms with Crippen LogP contribution in [0.4, 0.5) is 4.79 Å². The molecule has 140 valence electrons. The average Bonchev–Trinajstić information content (AvgIpc) is 2.83. The lowest BCUT2D eigenvalue weighted by molar-refractivity contribution is -0.136. The highest BCUT2D eigenvalue weighted by Gasteiger charge is 2.54. The topological polar surface area (TPSA) is 81.8 Å². The zero-order valence-corrected chi connectivity index (χ0v) is 15.4. The lowest BCUT2D eigenvalue weighted by atomic mass is 9.77. The molecule has 7 nitrogen and oxygen atoms in total. The molecule has 0 aromatic carbocycles. The number of nitrogens with zero attached hydrogens (tertiary/aromatic N) is 2. The predicted octanol–water partition coefficient (Wildman–Crippen LogP) is 1.13. The van der Waals surface area contributed by atoms with Gasteiger partial charge in [-0.15, -0.1) is 0 Å². The first-order valence-corrected chi connectivity index (χ1v) is 9.44. The molecule has 4 aliphatic rings. The number of fused-ring (bicyclic) bond motifs is 1. The van der Waals surface area contributed by atoms with Gasteiger partial charge in [0.05, 0.1) is 5.54 Å². The molecule has 0 aromatic rings. The minimum atomic E-state index is -0.607. The van der Waals surface area contributed by atoms with Crippen LogP contribution in [0, 0.1) is 5.92 Å². The van der Waals surface area contributed by atoms with E-state index in [-0.39, 0.29) is 24.3 Å². The van der Waals surface area contributed by atoms with Gasteiger partial charge in [-0.05, 0) is 57.7 Å². The largest absolute Gasteiger partial charge is 0.325 e. The number of amides is 4. The lowest BCUT2D eigenvalue weighted by Gasteiger charge is -2.39. The maximum atomic E-state index is 13.0. The highest BCUT2D eigenvalue weighted by Crippen LogP contribution is 2.46. The van der Waals surface area contributed by atoms with Crippen LogP contribution in [0.5, 0.6) is 0 Å². The molecule has 3 fully saturated rings. The number of imide groups is 1. The number of piperidine rings is 2. The first-order chi connectivity index (χ1) is 12.4. The number of carbonyl (C=O) groups excluding carboxylic acids is 3. The van der Waals surface area contributed by atoms with E-state index in [4.69, 9.17) is 0 Å². The molecule has 0 saturated carbocycles. The smallest absolute Gasteiger partial charge is 0.317 e. The number of hydrogen-bond acceptors (Lipinski definition) is 4. The number of allylic oxidation sites excluding steroid dienone is 2. The van der Waals surface area contributed by atoms with Crippen LogP contribution >= 0.6 is 0 Å². The van der Waals surface area contributed by atoms with Gasteiger partial charge in [-0.2, -0.15) is 0 Å². The highest BCUT2D eigenvalue weighted by molar-refractivity contribution is 6.02. The van der Waals surface area contributed by atoms with Gasteiger partial charge in [-0.1, -0.05) is 11.6 Å². The van der Waals surface area contributed by atoms with E-state index in [2.05, 4.69) is 23.6 Å². The van der Waals surface area contributed by atoms with Crippen molar-refractivity contribution in [2.45, 2.75) is 50.6 Å². The second-order valence-electron chi connectivity index (χ2n) is 7.95. The second-order valence-corrected chi connectivity index (χ2v) is 7.95. The van der Waals surface area contributed by atoms with Crippen LogP contribution in [0.3, 0.4) is 0 Å². The molecule has 4 amide bonds. The zero-order valence-electron chi connectivity index (χ0n) is 15.4. The van der Waals surface area contributed by atoms with E-state index in [9.17, 15) is 14.4 Å². The summed E-state index contributed by atoms with van der Waals surface area (Å²) in [6.45, 7) is 4.15. The summed E-state index contributed by atoms with van der Waals surface area (Å²) in [5, 5.41) is 5.77. The Labute approximate surface area is 153 Å². The van der Waals surface area contributed by atoms with E-state index in [1.165, 1.54) is 5.57 Å². The van der Waals surface area contributed by atoms with Crippen molar-refractivity contribution in [2.24, 2.45) is 5.92 Å². The summed E-state index contributed by atoms with van der Waals surface area (Å²) in [6.07, 6.45) is 7.87. The maximum absolute atomic E-state index is 13.0. The van der Waals surface area contributed by atoms with Gasteiger partial charge in [0.25, 0.3) is 0 Å². The van der Waals surface area contributed by atoms with Crippen molar-refractivity contribution in [3.05, 3.63) is 23.4 Å². The van der Waals surface area contributed by atoms with E-state index < -0.39 is 11.6 Å². The van der Waals surface area contributed by atoms with Crippen molar-refractivity contribution < 1.29 is 14.4 Å². The second kappa shape index (κ2) is 6.23. The Morgan fingerprint density at radius 3 is 2.54 bits per heavy atom. The molecule has 2 unspecified atom stereocenters. The third kappa shape index (κ3) is 2.57. The summed E-state index contributed by atoms with van der Waals surface area (Å²) in [4.78, 5) is 40.2. The summed E-state index contributed by atoms with van der Waals surface area (Å²) in [5.41, 5.74) is 1.83. The number of rotatable bonds is 2. The third-order valence-electron chi connectivity index (χ3n) is 6.43. The van der Waals surface area contributed by atoms with Crippen LogP contribution in [0.2, 0.25) is 0 Å². The zero-order chi connectivity index (χ0) is 18.5. The van der Waals surface area contributed by atoms with Gasteiger partial charge in [-0.3, -0.25) is 19.8 Å². The van der Waals surface area contributed by atoms with Gasteiger partial charge in [0.1, 0.15) is 6.04 Å². The Bertz CT molecular complexity index is 722. The van der Waals surface area contributed by atoms with Gasteiger partial charge >= 0.3 is 6.03 Å². The van der Waals surface area contributed by atoms with Gasteiger partial charge < -0.3 is 10.2 Å². The minimum absolute atomic E-state index is 0.159. The van der Waals surface area contributed by atoms with Crippen LogP contribution in [0.1, 0.15) is 39.0 Å². The highest BCUT2D eigenvalue weighted by atomic mass is 16.2. The monoisotopic (exact) mass is 358 g/mol. The quantitative estimate of drug-likeness (QED) is 0.725. The van der Waals surface area contributed by atoms with Gasteiger partial charge in [-0.25, -0.2) is 4.79 Å². The van der Waals surface area contributed by atoms with Crippen molar-refractivity contribution in [1.82, 2.24) is 20.4 Å². The molecule has 2 atom stereocenters. The molecule has 3 saturated heterocycles. The van der Waals surface area contributed by atoms with Crippen molar-refractivity contribution in [3.8, 4) is 0 Å². The van der Waals surface area contributed by atoms with Crippen LogP contribution in [0.15, 0.2) is 23.4 Å². The molecule has 2 N–H and O–H groups in total. The first kappa shape index (κ1) is 17.3. The number of likely N-dealkylation sites (N-methyl/N-ethyl adjacent to an activating group) is 1. The fourth-order valence-corrected chi connectivity index (χ4v) is 4.72. The van der Waals surface area contributed by atoms with Crippen molar-refractivity contribution in [2.75, 3.05) is 20.1 Å². The Morgan fingerprint density at radius 1 is 1.12 bits per heavy atom. The number of urea groups is 1. The molecule has 26 heavy (non-hydrogen) atoms. The summed E-state index contributed by atoms with van der Waals surface area (Å²) in [7, 11) is 1.81. The van der Waals surface area contributed by atoms with Crippen LogP contribution in [-0.2, 0) is 9.59 Å². The van der Waals surface area contributed by atoms with Crippen LogP contribution < -0.4 is 10.6 Å². The summed E-state index contributed by atoms with van der Waals surface area (Å²) in [6, 6.07) is -0.766. The van der Waals surface area contributed by atoms with Crippen molar-refractivity contribution >= 4 is 17.8 Å². The molecule has 1 aliphatic carbocycles. The van der Waals surface area contributed by atoms with Gasteiger partial charge in [0, 0.05) is 19.2 Å².